The second-order valence-electron chi connectivity index (χ2n) is 6.48. The number of amides is 1. The van der Waals surface area contributed by atoms with Gasteiger partial charge in [0.15, 0.2) is 5.75 Å². The topological polar surface area (TPSA) is 100 Å². The fraction of sp³-hybridized carbons (Fsp3) is 0.250. The summed E-state index contributed by atoms with van der Waals surface area (Å²) in [6, 6.07) is 11.1. The predicted molar refractivity (Wildman–Crippen MR) is 101 cm³/mol. The number of hydrogen-bond acceptors (Lipinski definition) is 4. The number of nitrogens with zero attached hydrogens (tertiary/aromatic N) is 2. The van der Waals surface area contributed by atoms with E-state index in [4.69, 9.17) is 0 Å². The largest absolute Gasteiger partial charge is 0.503 e. The summed E-state index contributed by atoms with van der Waals surface area (Å²) in [5.74, 6) is -0.523. The van der Waals surface area contributed by atoms with Gasteiger partial charge < -0.3 is 20.0 Å². The molecule has 0 bridgehead atoms. The summed E-state index contributed by atoms with van der Waals surface area (Å²) < 4.78 is 1.56. The molecule has 0 aliphatic heterocycles. The van der Waals surface area contributed by atoms with Gasteiger partial charge in [-0.3, -0.25) is 9.59 Å². The Labute approximate surface area is 156 Å². The molecule has 2 aromatic heterocycles. The molecule has 3 aromatic rings. The lowest BCUT2D eigenvalue weighted by atomic mass is 10.0. The van der Waals surface area contributed by atoms with Crippen molar-refractivity contribution in [3.05, 3.63) is 82.3 Å². The molecule has 140 valence electrons. The average Bonchev–Trinajstić information content (AvgIpc) is 3.16. The van der Waals surface area contributed by atoms with Gasteiger partial charge in [0.1, 0.15) is 6.54 Å². The normalized spacial score (nSPS) is 11.9. The molecule has 0 saturated carbocycles. The van der Waals surface area contributed by atoms with Crippen LogP contribution < -0.4 is 10.7 Å². The Hall–Kier alpha value is -3.35. The Morgan fingerprint density at radius 2 is 2.04 bits per heavy atom. The highest BCUT2D eigenvalue weighted by atomic mass is 16.3. The third kappa shape index (κ3) is 4.84. The summed E-state index contributed by atoms with van der Waals surface area (Å²) in [5.41, 5.74) is 1.98. The highest BCUT2D eigenvalue weighted by Gasteiger charge is 2.16. The summed E-state index contributed by atoms with van der Waals surface area (Å²) in [7, 11) is 0. The Balaban J connectivity index is 1.71. The minimum atomic E-state index is -0.453. The summed E-state index contributed by atoms with van der Waals surface area (Å²) in [6.07, 6.45) is 6.17. The third-order valence-electron chi connectivity index (χ3n) is 4.44. The van der Waals surface area contributed by atoms with Gasteiger partial charge in [0, 0.05) is 36.6 Å². The SMILES string of the molecule is Cc1c(O)c(=O)ccn1CC(=O)NC(Cc1ccccc1)Cc1cnc[nH]1. The zero-order chi connectivity index (χ0) is 19.2. The molecule has 27 heavy (non-hydrogen) atoms. The van der Waals surface area contributed by atoms with Crippen molar-refractivity contribution in [2.45, 2.75) is 32.4 Å². The summed E-state index contributed by atoms with van der Waals surface area (Å²) >= 11 is 0. The van der Waals surface area contributed by atoms with Crippen molar-refractivity contribution < 1.29 is 9.90 Å². The molecular weight excluding hydrogens is 344 g/mol. The van der Waals surface area contributed by atoms with E-state index in [1.165, 1.54) is 12.3 Å². The molecule has 0 aliphatic carbocycles. The molecule has 0 saturated heterocycles. The van der Waals surface area contributed by atoms with Gasteiger partial charge in [-0.1, -0.05) is 30.3 Å². The van der Waals surface area contributed by atoms with Crippen LogP contribution >= 0.6 is 0 Å². The first kappa shape index (κ1) is 18.4. The fourth-order valence-electron chi connectivity index (χ4n) is 3.00. The van der Waals surface area contributed by atoms with Crippen LogP contribution in [0.1, 0.15) is 17.0 Å². The second-order valence-corrected chi connectivity index (χ2v) is 6.48. The lowest BCUT2D eigenvalue weighted by molar-refractivity contribution is -0.122. The lowest BCUT2D eigenvalue weighted by Crippen LogP contribution is -2.40. The first-order valence-corrected chi connectivity index (χ1v) is 8.72. The Morgan fingerprint density at radius 3 is 2.74 bits per heavy atom. The van der Waals surface area contributed by atoms with Crippen LogP contribution in [-0.4, -0.2) is 31.6 Å². The van der Waals surface area contributed by atoms with Crippen molar-refractivity contribution >= 4 is 5.91 Å². The Bertz CT molecular complexity index is 949. The minimum absolute atomic E-state index is 0.0218. The first-order valence-electron chi connectivity index (χ1n) is 8.72. The molecule has 3 rings (SSSR count). The van der Waals surface area contributed by atoms with E-state index in [2.05, 4.69) is 15.3 Å². The maximum absolute atomic E-state index is 12.6. The van der Waals surface area contributed by atoms with Gasteiger partial charge in [0.25, 0.3) is 0 Å². The van der Waals surface area contributed by atoms with E-state index >= 15 is 0 Å². The van der Waals surface area contributed by atoms with Crippen LogP contribution in [0.5, 0.6) is 5.75 Å². The average molecular weight is 366 g/mol. The molecule has 0 radical (unpaired) electrons. The molecule has 1 aromatic carbocycles. The highest BCUT2D eigenvalue weighted by Crippen LogP contribution is 2.10. The van der Waals surface area contributed by atoms with Crippen molar-refractivity contribution in [3.63, 3.8) is 0 Å². The fourth-order valence-corrected chi connectivity index (χ4v) is 3.00. The van der Waals surface area contributed by atoms with Gasteiger partial charge in [-0.15, -0.1) is 0 Å². The molecule has 1 amide bonds. The zero-order valence-corrected chi connectivity index (χ0v) is 15.1. The molecule has 2 heterocycles. The number of nitrogens with one attached hydrogen (secondary N) is 2. The first-order chi connectivity index (χ1) is 13.0. The van der Waals surface area contributed by atoms with Crippen LogP contribution in [0.4, 0.5) is 0 Å². The maximum Gasteiger partial charge on any atom is 0.240 e. The van der Waals surface area contributed by atoms with E-state index < -0.39 is 5.43 Å². The zero-order valence-electron chi connectivity index (χ0n) is 15.1. The number of aromatic nitrogens is 3. The number of H-pyrrole nitrogens is 1. The quantitative estimate of drug-likeness (QED) is 0.591. The van der Waals surface area contributed by atoms with Crippen LogP contribution in [0.25, 0.3) is 0 Å². The molecule has 1 unspecified atom stereocenters. The second kappa shape index (κ2) is 8.35. The molecule has 1 atom stereocenters. The van der Waals surface area contributed by atoms with E-state index in [0.29, 0.717) is 18.5 Å². The smallest absolute Gasteiger partial charge is 0.240 e. The van der Waals surface area contributed by atoms with E-state index in [0.717, 1.165) is 11.3 Å². The van der Waals surface area contributed by atoms with Gasteiger partial charge in [-0.05, 0) is 18.9 Å². The monoisotopic (exact) mass is 366 g/mol. The van der Waals surface area contributed by atoms with Crippen molar-refractivity contribution in [3.8, 4) is 5.75 Å². The van der Waals surface area contributed by atoms with Crippen LogP contribution in [0.15, 0.2) is 59.9 Å². The summed E-state index contributed by atoms with van der Waals surface area (Å²) in [6.45, 7) is 1.63. The van der Waals surface area contributed by atoms with Gasteiger partial charge in [0.2, 0.25) is 11.3 Å². The van der Waals surface area contributed by atoms with Crippen molar-refractivity contribution in [2.24, 2.45) is 0 Å². The summed E-state index contributed by atoms with van der Waals surface area (Å²) in [4.78, 5) is 31.1. The standard InChI is InChI=1S/C20H22N4O3/c1-14-20(27)18(25)7-8-24(14)12-19(26)23-16(10-17-11-21-13-22-17)9-15-5-3-2-4-6-15/h2-8,11,13,16,27H,9-10,12H2,1H3,(H,21,22)(H,23,26). The number of benzene rings is 1. The van der Waals surface area contributed by atoms with E-state index in [1.54, 1.807) is 24.0 Å². The van der Waals surface area contributed by atoms with Crippen molar-refractivity contribution in [2.75, 3.05) is 0 Å². The van der Waals surface area contributed by atoms with Gasteiger partial charge >= 0.3 is 0 Å². The predicted octanol–water partition coefficient (Wildman–Crippen LogP) is 1.56. The van der Waals surface area contributed by atoms with Crippen molar-refractivity contribution in [1.29, 1.82) is 0 Å². The van der Waals surface area contributed by atoms with Crippen LogP contribution in [0.3, 0.4) is 0 Å². The maximum atomic E-state index is 12.6. The van der Waals surface area contributed by atoms with E-state index in [-0.39, 0.29) is 24.2 Å². The number of hydrogen-bond donors (Lipinski definition) is 3. The third-order valence-corrected chi connectivity index (χ3v) is 4.44. The number of aromatic hydroxyl groups is 1. The molecule has 0 fully saturated rings. The van der Waals surface area contributed by atoms with E-state index in [1.807, 2.05) is 30.3 Å². The summed E-state index contributed by atoms with van der Waals surface area (Å²) in [5, 5.41) is 12.8. The molecular formula is C20H22N4O3. The number of imidazole rings is 1. The molecule has 7 nitrogen and oxygen atoms in total. The van der Waals surface area contributed by atoms with Gasteiger partial charge in [-0.25, -0.2) is 4.98 Å². The number of pyridine rings is 1. The molecule has 7 heteroatoms. The Morgan fingerprint density at radius 1 is 1.26 bits per heavy atom. The van der Waals surface area contributed by atoms with Crippen molar-refractivity contribution in [1.82, 2.24) is 19.9 Å². The lowest BCUT2D eigenvalue weighted by Gasteiger charge is -2.19. The molecule has 0 aliphatic rings. The Kier molecular flexibility index (Phi) is 5.71. The number of rotatable bonds is 7. The van der Waals surface area contributed by atoms with Crippen LogP contribution in [-0.2, 0) is 24.2 Å². The molecule has 0 spiro atoms. The number of aromatic amines is 1. The van der Waals surface area contributed by atoms with Gasteiger partial charge in [0.05, 0.1) is 12.0 Å². The number of carbonyl (C=O) groups is 1. The van der Waals surface area contributed by atoms with Gasteiger partial charge in [-0.2, -0.15) is 0 Å². The van der Waals surface area contributed by atoms with Crippen LogP contribution in [0.2, 0.25) is 0 Å². The number of carbonyl (C=O) groups excluding carboxylic acids is 1. The molecule has 3 N–H and O–H groups in total. The highest BCUT2D eigenvalue weighted by molar-refractivity contribution is 5.76. The van der Waals surface area contributed by atoms with E-state index in [9.17, 15) is 14.7 Å². The van der Waals surface area contributed by atoms with Crippen LogP contribution in [0, 0.1) is 6.92 Å². The minimum Gasteiger partial charge on any atom is -0.503 e.